The Labute approximate surface area is 174 Å². The van der Waals surface area contributed by atoms with Crippen LogP contribution in [-0.2, 0) is 11.8 Å². The van der Waals surface area contributed by atoms with Gasteiger partial charge in [-0.15, -0.1) is 0 Å². The lowest BCUT2D eigenvalue weighted by molar-refractivity contribution is 0.0928. The number of ether oxygens (including phenoxy) is 1. The summed E-state index contributed by atoms with van der Waals surface area (Å²) in [5, 5.41) is 7.53. The van der Waals surface area contributed by atoms with E-state index in [1.165, 1.54) is 0 Å². The van der Waals surface area contributed by atoms with Crippen LogP contribution in [0.1, 0.15) is 35.1 Å². The van der Waals surface area contributed by atoms with Crippen LogP contribution in [0.3, 0.4) is 0 Å². The first-order valence-electron chi connectivity index (χ1n) is 10.4. The number of rotatable bonds is 6. The molecule has 30 heavy (non-hydrogen) atoms. The van der Waals surface area contributed by atoms with Crippen LogP contribution in [0.4, 0.5) is 5.82 Å². The average Bonchev–Trinajstić information content (AvgIpc) is 3.38. The molecule has 1 atom stereocenters. The summed E-state index contributed by atoms with van der Waals surface area (Å²) in [6.45, 7) is 2.55. The van der Waals surface area contributed by atoms with Crippen molar-refractivity contribution in [2.24, 2.45) is 13.0 Å². The van der Waals surface area contributed by atoms with Gasteiger partial charge in [0.2, 0.25) is 0 Å². The van der Waals surface area contributed by atoms with E-state index in [-0.39, 0.29) is 11.9 Å². The lowest BCUT2D eigenvalue weighted by Crippen LogP contribution is -2.38. The molecule has 0 bridgehead atoms. The van der Waals surface area contributed by atoms with Gasteiger partial charge in [-0.25, -0.2) is 4.98 Å². The molecule has 3 aromatic rings. The molecule has 2 fully saturated rings. The van der Waals surface area contributed by atoms with Crippen LogP contribution in [0.25, 0.3) is 11.3 Å². The number of carbonyl (C=O) groups excluding carboxylic acids is 1. The highest BCUT2D eigenvalue weighted by Gasteiger charge is 2.38. The largest absolute Gasteiger partial charge is 0.378 e. The maximum Gasteiger partial charge on any atom is 0.259 e. The second-order valence-corrected chi connectivity index (χ2v) is 7.86. The molecule has 1 amide bonds. The van der Waals surface area contributed by atoms with Gasteiger partial charge in [-0.2, -0.15) is 0 Å². The Morgan fingerprint density at radius 3 is 2.63 bits per heavy atom. The maximum absolute atomic E-state index is 13.6. The quantitative estimate of drug-likeness (QED) is 0.676. The zero-order valence-corrected chi connectivity index (χ0v) is 17.0. The molecule has 2 aliphatic rings. The highest BCUT2D eigenvalue weighted by atomic mass is 16.5. The first-order valence-corrected chi connectivity index (χ1v) is 10.4. The zero-order chi connectivity index (χ0) is 20.5. The molecule has 1 saturated heterocycles. The molecule has 0 spiro atoms. The molecular formula is C22H25N5O3. The van der Waals surface area contributed by atoms with Crippen molar-refractivity contribution in [1.29, 1.82) is 0 Å². The third-order valence-electron chi connectivity index (χ3n) is 5.76. The van der Waals surface area contributed by atoms with Gasteiger partial charge in [0.25, 0.3) is 5.91 Å². The number of benzene rings is 1. The first kappa shape index (κ1) is 18.9. The fourth-order valence-corrected chi connectivity index (χ4v) is 3.98. The zero-order valence-electron chi connectivity index (χ0n) is 17.0. The van der Waals surface area contributed by atoms with Gasteiger partial charge in [-0.1, -0.05) is 35.5 Å². The van der Waals surface area contributed by atoms with E-state index < -0.39 is 0 Å². The molecule has 1 aromatic carbocycles. The molecule has 1 saturated carbocycles. The van der Waals surface area contributed by atoms with Crippen molar-refractivity contribution in [3.8, 4) is 11.3 Å². The molecule has 1 unspecified atom stereocenters. The second kappa shape index (κ2) is 7.95. The number of anilines is 1. The van der Waals surface area contributed by atoms with Crippen molar-refractivity contribution in [3.63, 3.8) is 0 Å². The molecule has 8 nitrogen and oxygen atoms in total. The van der Waals surface area contributed by atoms with Gasteiger partial charge in [0.15, 0.2) is 11.6 Å². The molecule has 1 N–H and O–H groups in total. The van der Waals surface area contributed by atoms with Gasteiger partial charge in [-0.3, -0.25) is 4.79 Å². The first-order chi connectivity index (χ1) is 14.7. The Morgan fingerprint density at radius 1 is 1.20 bits per heavy atom. The predicted octanol–water partition coefficient (Wildman–Crippen LogP) is 2.79. The van der Waals surface area contributed by atoms with Crippen LogP contribution >= 0.6 is 0 Å². The molecule has 0 radical (unpaired) electrons. The van der Waals surface area contributed by atoms with Crippen molar-refractivity contribution in [2.45, 2.75) is 18.9 Å². The van der Waals surface area contributed by atoms with Crippen LogP contribution in [0.5, 0.6) is 0 Å². The number of amides is 1. The van der Waals surface area contributed by atoms with Crippen LogP contribution in [0.15, 0.2) is 47.2 Å². The van der Waals surface area contributed by atoms with Gasteiger partial charge in [0.1, 0.15) is 11.4 Å². The molecular weight excluding hydrogens is 382 g/mol. The smallest absolute Gasteiger partial charge is 0.259 e. The van der Waals surface area contributed by atoms with Crippen LogP contribution in [-0.4, -0.2) is 46.9 Å². The van der Waals surface area contributed by atoms with E-state index >= 15 is 0 Å². The summed E-state index contributed by atoms with van der Waals surface area (Å²) in [7, 11) is 1.96. The summed E-state index contributed by atoms with van der Waals surface area (Å²) >= 11 is 0. The molecule has 2 aromatic heterocycles. The number of imidazole rings is 1. The predicted molar refractivity (Wildman–Crippen MR) is 111 cm³/mol. The molecule has 1 aliphatic heterocycles. The van der Waals surface area contributed by atoms with E-state index in [1.54, 1.807) is 6.20 Å². The fraction of sp³-hybridized carbons (Fsp3) is 0.409. The summed E-state index contributed by atoms with van der Waals surface area (Å²) < 4.78 is 13.2. The number of hydrogen-bond acceptors (Lipinski definition) is 6. The molecule has 5 rings (SSSR count). The minimum absolute atomic E-state index is 0.131. The Bertz CT molecular complexity index is 1020. The summed E-state index contributed by atoms with van der Waals surface area (Å²) in [5.74, 6) is 2.16. The Morgan fingerprint density at radius 2 is 1.97 bits per heavy atom. The Hall–Kier alpha value is -3.13. The average molecular weight is 407 g/mol. The summed E-state index contributed by atoms with van der Waals surface area (Å²) in [5.41, 5.74) is 1.30. The number of carbonyl (C=O) groups is 1. The number of morpholine rings is 1. The third kappa shape index (κ3) is 3.59. The summed E-state index contributed by atoms with van der Waals surface area (Å²) in [4.78, 5) is 20.2. The monoisotopic (exact) mass is 407 g/mol. The lowest BCUT2D eigenvalue weighted by atomic mass is 10.1. The highest BCUT2D eigenvalue weighted by Crippen LogP contribution is 2.41. The van der Waals surface area contributed by atoms with E-state index in [1.807, 2.05) is 48.1 Å². The SMILES string of the molecule is Cn1ccnc1C(NC(=O)c1c(N2CCOCC2)noc1-c1ccccc1)C1CC1. The van der Waals surface area contributed by atoms with Gasteiger partial charge >= 0.3 is 0 Å². The molecule has 8 heteroatoms. The van der Waals surface area contributed by atoms with Crippen molar-refractivity contribution in [1.82, 2.24) is 20.0 Å². The van der Waals surface area contributed by atoms with Crippen molar-refractivity contribution >= 4 is 11.7 Å². The van der Waals surface area contributed by atoms with E-state index in [9.17, 15) is 4.79 Å². The molecule has 1 aliphatic carbocycles. The molecule has 156 valence electrons. The number of nitrogens with zero attached hydrogens (tertiary/aromatic N) is 4. The van der Waals surface area contributed by atoms with E-state index in [0.29, 0.717) is 49.4 Å². The van der Waals surface area contributed by atoms with E-state index in [2.05, 4.69) is 20.4 Å². The van der Waals surface area contributed by atoms with Gasteiger partial charge in [-0.05, 0) is 18.8 Å². The van der Waals surface area contributed by atoms with Crippen molar-refractivity contribution in [2.75, 3.05) is 31.2 Å². The Balaban J connectivity index is 1.51. The minimum Gasteiger partial charge on any atom is -0.378 e. The number of hydrogen-bond donors (Lipinski definition) is 1. The second-order valence-electron chi connectivity index (χ2n) is 7.86. The number of aromatic nitrogens is 3. The normalized spacial score (nSPS) is 17.7. The van der Waals surface area contributed by atoms with Gasteiger partial charge in [0.05, 0.1) is 19.3 Å². The maximum atomic E-state index is 13.6. The van der Waals surface area contributed by atoms with Crippen molar-refractivity contribution < 1.29 is 14.1 Å². The number of aryl methyl sites for hydroxylation is 1. The third-order valence-corrected chi connectivity index (χ3v) is 5.76. The highest BCUT2D eigenvalue weighted by molar-refractivity contribution is 6.04. The van der Waals surface area contributed by atoms with Crippen LogP contribution < -0.4 is 10.2 Å². The lowest BCUT2D eigenvalue weighted by Gasteiger charge is -2.27. The van der Waals surface area contributed by atoms with Crippen LogP contribution in [0, 0.1) is 5.92 Å². The van der Waals surface area contributed by atoms with E-state index in [4.69, 9.17) is 9.26 Å². The summed E-state index contributed by atoms with van der Waals surface area (Å²) in [6.07, 6.45) is 5.85. The summed E-state index contributed by atoms with van der Waals surface area (Å²) in [6, 6.07) is 9.51. The number of nitrogens with one attached hydrogen (secondary N) is 1. The van der Waals surface area contributed by atoms with Gasteiger partial charge in [0, 0.05) is 38.1 Å². The minimum atomic E-state index is -0.184. The molecule has 3 heterocycles. The standard InChI is InChI=1S/C22H25N5O3/c1-26-10-9-23-21(26)18(15-7-8-15)24-22(28)17-19(16-5-3-2-4-6-16)30-25-20(17)27-11-13-29-14-12-27/h2-6,9-10,15,18H,7-8,11-14H2,1H3,(H,24,28). The van der Waals surface area contributed by atoms with Gasteiger partial charge < -0.3 is 24.0 Å². The Kier molecular flexibility index (Phi) is 5.00. The van der Waals surface area contributed by atoms with Crippen LogP contribution in [0.2, 0.25) is 0 Å². The topological polar surface area (TPSA) is 85.4 Å². The van der Waals surface area contributed by atoms with Crippen molar-refractivity contribution in [3.05, 3.63) is 54.1 Å². The fourth-order valence-electron chi connectivity index (χ4n) is 3.98. The van der Waals surface area contributed by atoms with E-state index in [0.717, 1.165) is 24.2 Å².